The third-order valence-electron chi connectivity index (χ3n) is 2.50. The standard InChI is InChI=1S/C11H13BrN2O4/c1-11(2,10(15)16)13-6-7-3-4-8(12)5-9(7)14(17)18/h3-5,13H,6H2,1-2H3,(H,15,16). The molecule has 98 valence electrons. The first kappa shape index (κ1) is 14.6. The van der Waals surface area contributed by atoms with Crippen LogP contribution in [0.25, 0.3) is 0 Å². The summed E-state index contributed by atoms with van der Waals surface area (Å²) in [5.74, 6) is -1.01. The second-order valence-electron chi connectivity index (χ2n) is 4.31. The summed E-state index contributed by atoms with van der Waals surface area (Å²) >= 11 is 3.16. The second-order valence-corrected chi connectivity index (χ2v) is 5.23. The van der Waals surface area contributed by atoms with Crippen molar-refractivity contribution in [2.45, 2.75) is 25.9 Å². The van der Waals surface area contributed by atoms with E-state index in [4.69, 9.17) is 5.11 Å². The fraction of sp³-hybridized carbons (Fsp3) is 0.364. The molecule has 0 aliphatic heterocycles. The normalized spacial score (nSPS) is 11.3. The largest absolute Gasteiger partial charge is 0.480 e. The van der Waals surface area contributed by atoms with Gasteiger partial charge in [-0.05, 0) is 26.0 Å². The minimum atomic E-state index is -1.14. The maximum absolute atomic E-state index is 10.9. The van der Waals surface area contributed by atoms with E-state index in [-0.39, 0.29) is 12.2 Å². The number of hydrogen-bond donors (Lipinski definition) is 2. The zero-order valence-corrected chi connectivity index (χ0v) is 11.5. The van der Waals surface area contributed by atoms with E-state index in [1.54, 1.807) is 12.1 Å². The molecule has 18 heavy (non-hydrogen) atoms. The van der Waals surface area contributed by atoms with Crippen molar-refractivity contribution in [2.75, 3.05) is 0 Å². The molecule has 1 aromatic carbocycles. The summed E-state index contributed by atoms with van der Waals surface area (Å²) in [4.78, 5) is 21.3. The van der Waals surface area contributed by atoms with Crippen LogP contribution >= 0.6 is 15.9 Å². The van der Waals surface area contributed by atoms with Crippen molar-refractivity contribution in [3.05, 3.63) is 38.3 Å². The number of hydrogen-bond acceptors (Lipinski definition) is 4. The Bertz CT molecular complexity index is 488. The lowest BCUT2D eigenvalue weighted by Gasteiger charge is -2.20. The highest BCUT2D eigenvalue weighted by atomic mass is 79.9. The van der Waals surface area contributed by atoms with E-state index in [0.29, 0.717) is 10.0 Å². The monoisotopic (exact) mass is 316 g/mol. The Morgan fingerprint density at radius 3 is 2.67 bits per heavy atom. The lowest BCUT2D eigenvalue weighted by Crippen LogP contribution is -2.46. The van der Waals surface area contributed by atoms with Gasteiger partial charge in [-0.25, -0.2) is 0 Å². The molecule has 0 atom stereocenters. The molecule has 0 spiro atoms. The van der Waals surface area contributed by atoms with E-state index in [1.807, 2.05) is 0 Å². The molecule has 0 aromatic heterocycles. The van der Waals surface area contributed by atoms with Crippen molar-refractivity contribution in [2.24, 2.45) is 0 Å². The molecule has 0 fully saturated rings. The number of halogens is 1. The molecule has 0 aliphatic carbocycles. The van der Waals surface area contributed by atoms with Crippen molar-refractivity contribution in [3.8, 4) is 0 Å². The van der Waals surface area contributed by atoms with Gasteiger partial charge in [0.25, 0.3) is 5.69 Å². The van der Waals surface area contributed by atoms with Crippen LogP contribution in [0.5, 0.6) is 0 Å². The Labute approximate surface area is 112 Å². The fourth-order valence-electron chi connectivity index (χ4n) is 1.25. The minimum absolute atomic E-state index is 0.0435. The first-order valence-corrected chi connectivity index (χ1v) is 5.94. The minimum Gasteiger partial charge on any atom is -0.480 e. The Kier molecular flexibility index (Phi) is 4.42. The van der Waals surface area contributed by atoms with Gasteiger partial charge in [0.1, 0.15) is 5.54 Å². The number of nitrogens with zero attached hydrogens (tertiary/aromatic N) is 1. The predicted molar refractivity (Wildman–Crippen MR) is 69.4 cm³/mol. The molecule has 2 N–H and O–H groups in total. The van der Waals surface area contributed by atoms with Gasteiger partial charge < -0.3 is 5.11 Å². The van der Waals surface area contributed by atoms with Gasteiger partial charge in [-0.1, -0.05) is 15.9 Å². The molecule has 0 heterocycles. The van der Waals surface area contributed by atoms with E-state index in [1.165, 1.54) is 19.9 Å². The van der Waals surface area contributed by atoms with Gasteiger partial charge in [0.15, 0.2) is 0 Å². The van der Waals surface area contributed by atoms with Gasteiger partial charge in [0.2, 0.25) is 0 Å². The maximum Gasteiger partial charge on any atom is 0.323 e. The molecule has 0 bridgehead atoms. The Balaban J connectivity index is 2.92. The Morgan fingerprint density at radius 2 is 2.17 bits per heavy atom. The molecule has 1 rings (SSSR count). The first-order valence-electron chi connectivity index (χ1n) is 5.15. The van der Waals surface area contributed by atoms with Gasteiger partial charge in [-0.15, -0.1) is 0 Å². The van der Waals surface area contributed by atoms with E-state index < -0.39 is 16.4 Å². The molecule has 1 aromatic rings. The second kappa shape index (κ2) is 5.45. The molecule has 0 amide bonds. The van der Waals surface area contributed by atoms with Crippen LogP contribution in [0.15, 0.2) is 22.7 Å². The average molecular weight is 317 g/mol. The summed E-state index contributed by atoms with van der Waals surface area (Å²) in [6, 6.07) is 4.66. The molecule has 0 aliphatic rings. The van der Waals surface area contributed by atoms with E-state index >= 15 is 0 Å². The summed E-state index contributed by atoms with van der Waals surface area (Å²) in [6.07, 6.45) is 0. The molecule has 7 heteroatoms. The number of rotatable bonds is 5. The summed E-state index contributed by atoms with van der Waals surface area (Å²) < 4.78 is 0.607. The van der Waals surface area contributed by atoms with Crippen molar-refractivity contribution in [1.29, 1.82) is 0 Å². The molecule has 6 nitrogen and oxygen atoms in total. The number of benzene rings is 1. The van der Waals surface area contributed by atoms with E-state index in [0.717, 1.165) is 0 Å². The smallest absolute Gasteiger partial charge is 0.323 e. The maximum atomic E-state index is 10.9. The van der Waals surface area contributed by atoms with Gasteiger partial charge in [0.05, 0.1) is 4.92 Å². The van der Waals surface area contributed by atoms with Crippen molar-refractivity contribution in [1.82, 2.24) is 5.32 Å². The number of carboxylic acids is 1. The number of carboxylic acid groups (broad SMARTS) is 1. The highest BCUT2D eigenvalue weighted by molar-refractivity contribution is 9.10. The van der Waals surface area contributed by atoms with Crippen LogP contribution in [0, 0.1) is 10.1 Å². The lowest BCUT2D eigenvalue weighted by atomic mass is 10.1. The van der Waals surface area contributed by atoms with Gasteiger partial charge in [-0.3, -0.25) is 20.2 Å². The highest BCUT2D eigenvalue weighted by Crippen LogP contribution is 2.23. The molecular formula is C11H13BrN2O4. The zero-order chi connectivity index (χ0) is 13.9. The van der Waals surface area contributed by atoms with Crippen LogP contribution in [-0.4, -0.2) is 21.5 Å². The predicted octanol–water partition coefficient (Wildman–Crippen LogP) is 2.31. The van der Waals surface area contributed by atoms with Crippen LogP contribution in [0.4, 0.5) is 5.69 Å². The van der Waals surface area contributed by atoms with Crippen molar-refractivity contribution >= 4 is 27.6 Å². The van der Waals surface area contributed by atoms with Gasteiger partial charge in [-0.2, -0.15) is 0 Å². The molecule has 0 saturated carbocycles. The SMILES string of the molecule is CC(C)(NCc1ccc(Br)cc1[N+](=O)[O-])C(=O)O. The molecule has 0 radical (unpaired) electrons. The summed E-state index contributed by atoms with van der Waals surface area (Å²) in [5, 5.41) is 22.6. The molecule has 0 unspecified atom stereocenters. The number of aliphatic carboxylic acids is 1. The lowest BCUT2D eigenvalue weighted by molar-refractivity contribution is -0.385. The van der Waals surface area contributed by atoms with Crippen LogP contribution in [0.2, 0.25) is 0 Å². The Morgan fingerprint density at radius 1 is 1.56 bits per heavy atom. The fourth-order valence-corrected chi connectivity index (χ4v) is 1.60. The van der Waals surface area contributed by atoms with Gasteiger partial charge >= 0.3 is 5.97 Å². The highest BCUT2D eigenvalue weighted by Gasteiger charge is 2.27. The van der Waals surface area contributed by atoms with E-state index in [2.05, 4.69) is 21.2 Å². The molecule has 0 saturated heterocycles. The third-order valence-corrected chi connectivity index (χ3v) is 2.99. The van der Waals surface area contributed by atoms with Crippen molar-refractivity contribution in [3.63, 3.8) is 0 Å². The van der Waals surface area contributed by atoms with Crippen LogP contribution in [0.1, 0.15) is 19.4 Å². The first-order chi connectivity index (χ1) is 8.24. The van der Waals surface area contributed by atoms with E-state index in [9.17, 15) is 14.9 Å². The quantitative estimate of drug-likeness (QED) is 0.642. The van der Waals surface area contributed by atoms with Crippen LogP contribution in [0.3, 0.4) is 0 Å². The summed E-state index contributed by atoms with van der Waals surface area (Å²) in [7, 11) is 0. The third kappa shape index (κ3) is 3.51. The topological polar surface area (TPSA) is 92.5 Å². The number of nitro benzene ring substituents is 1. The Hall–Kier alpha value is -1.47. The van der Waals surface area contributed by atoms with Crippen LogP contribution in [-0.2, 0) is 11.3 Å². The summed E-state index contributed by atoms with van der Waals surface area (Å²) in [6.45, 7) is 3.11. The molecular weight excluding hydrogens is 304 g/mol. The van der Waals surface area contributed by atoms with Crippen LogP contribution < -0.4 is 5.32 Å². The number of carbonyl (C=O) groups is 1. The van der Waals surface area contributed by atoms with Gasteiger partial charge in [0, 0.05) is 22.6 Å². The average Bonchev–Trinajstić information content (AvgIpc) is 2.27. The number of nitrogens with one attached hydrogen (secondary N) is 1. The number of nitro groups is 1. The summed E-state index contributed by atoms with van der Waals surface area (Å²) in [5.41, 5.74) is -0.739. The zero-order valence-electron chi connectivity index (χ0n) is 9.94. The van der Waals surface area contributed by atoms with Crippen molar-refractivity contribution < 1.29 is 14.8 Å².